The van der Waals surface area contributed by atoms with Gasteiger partial charge in [-0.2, -0.15) is 0 Å². The van der Waals surface area contributed by atoms with E-state index in [1.807, 2.05) is 9.47 Å². The Balaban J connectivity index is 1.46. The van der Waals surface area contributed by atoms with Crippen molar-refractivity contribution in [2.24, 2.45) is 5.92 Å². The molecule has 0 spiro atoms. The number of amides is 1. The van der Waals surface area contributed by atoms with E-state index in [0.717, 1.165) is 60.7 Å². The van der Waals surface area contributed by atoms with Gasteiger partial charge in [0.15, 0.2) is 0 Å². The second-order valence-electron chi connectivity index (χ2n) is 8.41. The SMILES string of the molecule is CCc1c(C)sc2ncn(C3CCN(C(=O)C4CCCC(OC)C4)CC3)c(=O)c12. The van der Waals surface area contributed by atoms with Crippen molar-refractivity contribution < 1.29 is 9.53 Å². The summed E-state index contributed by atoms with van der Waals surface area (Å²) in [6, 6.07) is 0.117. The first kappa shape index (κ1) is 20.5. The molecule has 1 aliphatic heterocycles. The van der Waals surface area contributed by atoms with Gasteiger partial charge in [-0.15, -0.1) is 11.3 Å². The minimum Gasteiger partial charge on any atom is -0.381 e. The lowest BCUT2D eigenvalue weighted by Crippen LogP contribution is -2.44. The summed E-state index contributed by atoms with van der Waals surface area (Å²) in [7, 11) is 1.74. The number of methoxy groups -OCH3 is 1. The second-order valence-corrected chi connectivity index (χ2v) is 9.61. The number of hydrogen-bond donors (Lipinski definition) is 0. The Labute approximate surface area is 175 Å². The maximum Gasteiger partial charge on any atom is 0.262 e. The van der Waals surface area contributed by atoms with Crippen LogP contribution in [0.2, 0.25) is 0 Å². The van der Waals surface area contributed by atoms with Crippen LogP contribution in [-0.4, -0.2) is 46.7 Å². The summed E-state index contributed by atoms with van der Waals surface area (Å²) >= 11 is 1.61. The van der Waals surface area contributed by atoms with Gasteiger partial charge in [0.2, 0.25) is 5.91 Å². The number of ether oxygens (including phenoxy) is 1. The maximum atomic E-state index is 13.2. The van der Waals surface area contributed by atoms with Gasteiger partial charge in [-0.3, -0.25) is 14.2 Å². The first-order valence-electron chi connectivity index (χ1n) is 10.8. The van der Waals surface area contributed by atoms with Gasteiger partial charge in [-0.1, -0.05) is 13.3 Å². The van der Waals surface area contributed by atoms with Crippen molar-refractivity contribution in [3.8, 4) is 0 Å². The molecule has 1 amide bonds. The molecular formula is C22H31N3O3S. The number of rotatable bonds is 4. The number of hydrogen-bond acceptors (Lipinski definition) is 5. The molecule has 2 aromatic heterocycles. The molecule has 0 bridgehead atoms. The van der Waals surface area contributed by atoms with Gasteiger partial charge in [-0.05, 0) is 51.0 Å². The van der Waals surface area contributed by atoms with Crippen LogP contribution in [0.1, 0.15) is 61.9 Å². The zero-order valence-electron chi connectivity index (χ0n) is 17.6. The van der Waals surface area contributed by atoms with Gasteiger partial charge in [0.1, 0.15) is 4.83 Å². The lowest BCUT2D eigenvalue weighted by molar-refractivity contribution is -0.139. The van der Waals surface area contributed by atoms with Crippen molar-refractivity contribution in [3.05, 3.63) is 27.1 Å². The van der Waals surface area contributed by atoms with Crippen molar-refractivity contribution in [3.63, 3.8) is 0 Å². The molecule has 2 unspecified atom stereocenters. The monoisotopic (exact) mass is 417 g/mol. The van der Waals surface area contributed by atoms with Gasteiger partial charge in [-0.25, -0.2) is 4.98 Å². The van der Waals surface area contributed by atoms with Gasteiger partial charge in [0.25, 0.3) is 5.56 Å². The van der Waals surface area contributed by atoms with Gasteiger partial charge < -0.3 is 9.64 Å². The van der Waals surface area contributed by atoms with Crippen molar-refractivity contribution >= 4 is 27.5 Å². The predicted octanol–water partition coefficient (Wildman–Crippen LogP) is 3.70. The van der Waals surface area contributed by atoms with Crippen LogP contribution < -0.4 is 5.56 Å². The van der Waals surface area contributed by atoms with E-state index in [-0.39, 0.29) is 29.5 Å². The minimum atomic E-state index is 0.0798. The van der Waals surface area contributed by atoms with Crippen molar-refractivity contribution in [1.29, 1.82) is 0 Å². The number of carbonyl (C=O) groups excluding carboxylic acids is 1. The fourth-order valence-corrected chi connectivity index (χ4v) is 6.13. The zero-order valence-corrected chi connectivity index (χ0v) is 18.5. The van der Waals surface area contributed by atoms with E-state index < -0.39 is 0 Å². The third-order valence-electron chi connectivity index (χ3n) is 6.77. The van der Waals surface area contributed by atoms with E-state index in [1.54, 1.807) is 24.8 Å². The molecule has 7 heteroatoms. The summed E-state index contributed by atoms with van der Waals surface area (Å²) in [4.78, 5) is 34.8. The topological polar surface area (TPSA) is 64.4 Å². The molecule has 1 saturated carbocycles. The van der Waals surface area contributed by atoms with E-state index in [9.17, 15) is 9.59 Å². The summed E-state index contributed by atoms with van der Waals surface area (Å²) in [5.41, 5.74) is 1.21. The highest BCUT2D eigenvalue weighted by molar-refractivity contribution is 7.18. The third kappa shape index (κ3) is 3.87. The van der Waals surface area contributed by atoms with E-state index >= 15 is 0 Å². The highest BCUT2D eigenvalue weighted by Gasteiger charge is 2.33. The fourth-order valence-electron chi connectivity index (χ4n) is 5.06. The third-order valence-corrected chi connectivity index (χ3v) is 7.83. The summed E-state index contributed by atoms with van der Waals surface area (Å²) < 4.78 is 7.30. The zero-order chi connectivity index (χ0) is 20.5. The number of fused-ring (bicyclic) bond motifs is 1. The van der Waals surface area contributed by atoms with Crippen LogP contribution in [0, 0.1) is 12.8 Å². The maximum absolute atomic E-state index is 13.2. The van der Waals surface area contributed by atoms with Gasteiger partial charge >= 0.3 is 0 Å². The van der Waals surface area contributed by atoms with Crippen LogP contribution in [0.5, 0.6) is 0 Å². The highest BCUT2D eigenvalue weighted by Crippen LogP contribution is 2.31. The van der Waals surface area contributed by atoms with Crippen LogP contribution in [0.25, 0.3) is 10.2 Å². The highest BCUT2D eigenvalue weighted by atomic mass is 32.1. The van der Waals surface area contributed by atoms with Crippen LogP contribution in [0.4, 0.5) is 0 Å². The van der Waals surface area contributed by atoms with E-state index in [4.69, 9.17) is 4.74 Å². The second kappa shape index (κ2) is 8.56. The molecule has 0 radical (unpaired) electrons. The normalized spacial score (nSPS) is 23.6. The number of thiophene rings is 1. The van der Waals surface area contributed by atoms with Crippen LogP contribution >= 0.6 is 11.3 Å². The Morgan fingerprint density at radius 1 is 1.28 bits per heavy atom. The van der Waals surface area contributed by atoms with E-state index in [1.165, 1.54) is 4.88 Å². The summed E-state index contributed by atoms with van der Waals surface area (Å²) in [5, 5.41) is 0.795. The van der Waals surface area contributed by atoms with Gasteiger partial charge in [0.05, 0.1) is 17.8 Å². The van der Waals surface area contributed by atoms with Gasteiger partial charge in [0, 0.05) is 37.0 Å². The molecule has 3 heterocycles. The van der Waals surface area contributed by atoms with Crippen LogP contribution in [-0.2, 0) is 16.0 Å². The molecule has 0 aromatic carbocycles. The molecule has 2 fully saturated rings. The molecule has 29 heavy (non-hydrogen) atoms. The Bertz CT molecular complexity index is 943. The molecule has 1 saturated heterocycles. The molecule has 1 aliphatic carbocycles. The first-order valence-corrected chi connectivity index (χ1v) is 11.7. The summed E-state index contributed by atoms with van der Waals surface area (Å²) in [6.07, 6.45) is 8.33. The number of nitrogens with zero attached hydrogens (tertiary/aromatic N) is 3. The van der Waals surface area contributed by atoms with Crippen LogP contribution in [0.3, 0.4) is 0 Å². The molecule has 158 valence electrons. The fraction of sp³-hybridized carbons (Fsp3) is 0.682. The molecule has 2 aromatic rings. The quantitative estimate of drug-likeness (QED) is 0.761. The molecule has 0 N–H and O–H groups in total. The summed E-state index contributed by atoms with van der Waals surface area (Å²) in [5.74, 6) is 0.361. The van der Waals surface area contributed by atoms with Crippen molar-refractivity contribution in [2.75, 3.05) is 20.2 Å². The largest absolute Gasteiger partial charge is 0.381 e. The standard InChI is InChI=1S/C22H31N3O3S/c1-4-18-14(2)29-20-19(18)22(27)25(13-23-20)16-8-10-24(11-9-16)21(26)15-6-5-7-17(12-15)28-3/h13,15-17H,4-12H2,1-3H3. The number of carbonyl (C=O) groups is 1. The molecule has 6 nitrogen and oxygen atoms in total. The number of piperidine rings is 1. The average molecular weight is 418 g/mol. The Kier molecular flexibility index (Phi) is 6.06. The average Bonchev–Trinajstić information content (AvgIpc) is 3.09. The minimum absolute atomic E-state index is 0.0798. The van der Waals surface area contributed by atoms with E-state index in [2.05, 4.69) is 18.8 Å². The molecule has 4 rings (SSSR count). The number of aryl methyl sites for hydroxylation is 2. The van der Waals surface area contributed by atoms with E-state index in [0.29, 0.717) is 13.1 Å². The summed E-state index contributed by atoms with van der Waals surface area (Å²) in [6.45, 7) is 5.59. The van der Waals surface area contributed by atoms with Crippen LogP contribution in [0.15, 0.2) is 11.1 Å². The smallest absolute Gasteiger partial charge is 0.262 e. The Hall–Kier alpha value is -1.73. The first-order chi connectivity index (χ1) is 14.0. The van der Waals surface area contributed by atoms with Crippen molar-refractivity contribution in [2.45, 2.75) is 70.9 Å². The molecular weight excluding hydrogens is 386 g/mol. The number of likely N-dealkylation sites (tertiary alicyclic amines) is 1. The lowest BCUT2D eigenvalue weighted by Gasteiger charge is -2.36. The molecule has 2 atom stereocenters. The lowest BCUT2D eigenvalue weighted by atomic mass is 9.85. The van der Waals surface area contributed by atoms with Crippen molar-refractivity contribution in [1.82, 2.24) is 14.5 Å². The Morgan fingerprint density at radius 3 is 2.72 bits per heavy atom. The molecule has 2 aliphatic rings. The Morgan fingerprint density at radius 2 is 2.03 bits per heavy atom. The predicted molar refractivity (Wildman–Crippen MR) is 116 cm³/mol. The number of aromatic nitrogens is 2.